The Balaban J connectivity index is 1.70. The molecule has 32 heavy (non-hydrogen) atoms. The Morgan fingerprint density at radius 2 is 1.50 bits per heavy atom. The Hall–Kier alpha value is -3.09. The van der Waals surface area contributed by atoms with E-state index in [2.05, 4.69) is 42.3 Å². The molecule has 7 heteroatoms. The molecule has 1 aliphatic rings. The summed E-state index contributed by atoms with van der Waals surface area (Å²) in [6.45, 7) is 14.4. The van der Waals surface area contributed by atoms with E-state index < -0.39 is 0 Å². The van der Waals surface area contributed by atoms with Crippen molar-refractivity contribution in [2.45, 2.75) is 34.6 Å². The van der Waals surface area contributed by atoms with Crippen molar-refractivity contribution in [3.8, 4) is 17.2 Å². The number of carbonyl (C=O) groups is 1. The van der Waals surface area contributed by atoms with Gasteiger partial charge in [-0.25, -0.2) is 4.79 Å². The zero-order valence-corrected chi connectivity index (χ0v) is 19.9. The van der Waals surface area contributed by atoms with Gasteiger partial charge in [-0.3, -0.25) is 0 Å². The molecule has 0 spiro atoms. The van der Waals surface area contributed by atoms with Crippen LogP contribution in [0.2, 0.25) is 0 Å². The van der Waals surface area contributed by atoms with Crippen molar-refractivity contribution in [3.05, 3.63) is 41.5 Å². The largest absolute Gasteiger partial charge is 0.490 e. The van der Waals surface area contributed by atoms with Crippen molar-refractivity contribution in [2.75, 3.05) is 56.2 Å². The van der Waals surface area contributed by atoms with Crippen molar-refractivity contribution in [2.24, 2.45) is 0 Å². The highest BCUT2D eigenvalue weighted by Crippen LogP contribution is 2.41. The third-order valence-corrected chi connectivity index (χ3v) is 5.64. The number of hydrogen-bond donors (Lipinski definition) is 1. The molecule has 3 rings (SSSR count). The van der Waals surface area contributed by atoms with Crippen LogP contribution in [0.4, 0.5) is 16.2 Å². The molecular formula is C25H35N3O4. The Kier molecular flexibility index (Phi) is 8.09. The highest BCUT2D eigenvalue weighted by atomic mass is 16.5. The summed E-state index contributed by atoms with van der Waals surface area (Å²) in [6, 6.07) is 9.84. The van der Waals surface area contributed by atoms with Crippen molar-refractivity contribution in [1.82, 2.24) is 4.90 Å². The lowest BCUT2D eigenvalue weighted by atomic mass is 10.1. The predicted octanol–water partition coefficient (Wildman–Crippen LogP) is 4.85. The monoisotopic (exact) mass is 441 g/mol. The number of hydrogen-bond acceptors (Lipinski definition) is 5. The van der Waals surface area contributed by atoms with Crippen molar-refractivity contribution >= 4 is 17.4 Å². The van der Waals surface area contributed by atoms with E-state index in [1.807, 2.05) is 25.7 Å². The highest BCUT2D eigenvalue weighted by molar-refractivity contribution is 5.90. The van der Waals surface area contributed by atoms with Gasteiger partial charge in [-0.1, -0.05) is 12.1 Å². The van der Waals surface area contributed by atoms with Gasteiger partial charge in [-0.15, -0.1) is 0 Å². The van der Waals surface area contributed by atoms with Gasteiger partial charge in [0.2, 0.25) is 5.75 Å². The van der Waals surface area contributed by atoms with Crippen LogP contribution in [0.5, 0.6) is 17.2 Å². The molecule has 0 aromatic heterocycles. The molecule has 0 radical (unpaired) electrons. The molecule has 174 valence electrons. The van der Waals surface area contributed by atoms with E-state index in [-0.39, 0.29) is 6.03 Å². The molecule has 0 bridgehead atoms. The minimum atomic E-state index is -0.125. The molecule has 0 aliphatic carbocycles. The molecule has 1 heterocycles. The topological polar surface area (TPSA) is 63.3 Å². The summed E-state index contributed by atoms with van der Waals surface area (Å²) in [6.07, 6.45) is 0. The molecule has 2 amide bonds. The van der Waals surface area contributed by atoms with Crippen molar-refractivity contribution in [3.63, 3.8) is 0 Å². The van der Waals surface area contributed by atoms with Gasteiger partial charge in [0.1, 0.15) is 0 Å². The van der Waals surface area contributed by atoms with Crippen LogP contribution in [0.3, 0.4) is 0 Å². The standard InChI is InChI=1S/C25H35N3O4/c1-6-30-22-16-20(17-23(31-7-2)24(22)32-8-3)26-25(29)28-14-12-27(13-15-28)21-11-9-10-18(4)19(21)5/h9-11,16-17H,6-8,12-15H2,1-5H3,(H,26,29). The molecule has 1 aliphatic heterocycles. The van der Waals surface area contributed by atoms with Gasteiger partial charge in [0, 0.05) is 44.0 Å². The van der Waals surface area contributed by atoms with Gasteiger partial charge in [-0.2, -0.15) is 0 Å². The fraction of sp³-hybridized carbons (Fsp3) is 0.480. The Morgan fingerprint density at radius 3 is 2.06 bits per heavy atom. The van der Waals surface area contributed by atoms with E-state index >= 15 is 0 Å². The number of piperazine rings is 1. The van der Waals surface area contributed by atoms with Crippen molar-refractivity contribution < 1.29 is 19.0 Å². The number of aryl methyl sites for hydroxylation is 1. The summed E-state index contributed by atoms with van der Waals surface area (Å²) in [5.74, 6) is 1.70. The molecule has 7 nitrogen and oxygen atoms in total. The van der Waals surface area contributed by atoms with Crippen LogP contribution in [0.15, 0.2) is 30.3 Å². The number of rotatable bonds is 8. The van der Waals surface area contributed by atoms with E-state index in [9.17, 15) is 4.79 Å². The van der Waals surface area contributed by atoms with E-state index in [4.69, 9.17) is 14.2 Å². The van der Waals surface area contributed by atoms with E-state index in [0.717, 1.165) is 13.1 Å². The SMILES string of the molecule is CCOc1cc(NC(=O)N2CCN(c3cccc(C)c3C)CC2)cc(OCC)c1OCC. The van der Waals surface area contributed by atoms with Gasteiger partial charge < -0.3 is 29.3 Å². The molecular weight excluding hydrogens is 406 g/mol. The molecule has 2 aromatic rings. The normalized spacial score (nSPS) is 13.7. The average Bonchev–Trinajstić information content (AvgIpc) is 2.78. The number of amides is 2. The molecule has 1 N–H and O–H groups in total. The first-order chi connectivity index (χ1) is 15.5. The van der Waals surface area contributed by atoms with Gasteiger partial charge in [0.25, 0.3) is 0 Å². The number of benzene rings is 2. The van der Waals surface area contributed by atoms with E-state index in [0.29, 0.717) is 55.8 Å². The van der Waals surface area contributed by atoms with Crippen LogP contribution in [-0.2, 0) is 0 Å². The second-order valence-corrected chi connectivity index (χ2v) is 7.72. The lowest BCUT2D eigenvalue weighted by Gasteiger charge is -2.37. The minimum absolute atomic E-state index is 0.125. The first-order valence-electron chi connectivity index (χ1n) is 11.4. The summed E-state index contributed by atoms with van der Waals surface area (Å²) < 4.78 is 17.2. The third-order valence-electron chi connectivity index (χ3n) is 5.64. The maximum atomic E-state index is 13.0. The number of nitrogens with zero attached hydrogens (tertiary/aromatic N) is 2. The summed E-state index contributed by atoms with van der Waals surface area (Å²) >= 11 is 0. The summed E-state index contributed by atoms with van der Waals surface area (Å²) in [5.41, 5.74) is 4.46. The smallest absolute Gasteiger partial charge is 0.321 e. The maximum absolute atomic E-state index is 13.0. The van der Waals surface area contributed by atoms with Crippen LogP contribution in [0.25, 0.3) is 0 Å². The second-order valence-electron chi connectivity index (χ2n) is 7.72. The van der Waals surface area contributed by atoms with E-state index in [1.165, 1.54) is 16.8 Å². The van der Waals surface area contributed by atoms with Gasteiger partial charge in [-0.05, 0) is 51.8 Å². The second kappa shape index (κ2) is 11.0. The number of carbonyl (C=O) groups excluding carboxylic acids is 1. The molecule has 0 saturated carbocycles. The third kappa shape index (κ3) is 5.39. The lowest BCUT2D eigenvalue weighted by Crippen LogP contribution is -2.50. The van der Waals surface area contributed by atoms with E-state index in [1.54, 1.807) is 12.1 Å². The number of anilines is 2. The van der Waals surface area contributed by atoms with Crippen molar-refractivity contribution in [1.29, 1.82) is 0 Å². The molecule has 0 unspecified atom stereocenters. The first kappa shape index (κ1) is 23.6. The Bertz CT molecular complexity index is 896. The van der Waals surface area contributed by atoms with Gasteiger partial charge in [0.05, 0.1) is 25.5 Å². The van der Waals surface area contributed by atoms with Crippen LogP contribution in [0, 0.1) is 13.8 Å². The molecule has 1 fully saturated rings. The quantitative estimate of drug-likeness (QED) is 0.634. The summed E-state index contributed by atoms with van der Waals surface area (Å²) in [5, 5.41) is 3.01. The van der Waals surface area contributed by atoms with Crippen LogP contribution < -0.4 is 24.4 Å². The zero-order chi connectivity index (χ0) is 23.1. The Labute approximate surface area is 191 Å². The number of nitrogens with one attached hydrogen (secondary N) is 1. The number of urea groups is 1. The maximum Gasteiger partial charge on any atom is 0.321 e. The predicted molar refractivity (Wildman–Crippen MR) is 129 cm³/mol. The first-order valence-corrected chi connectivity index (χ1v) is 11.4. The summed E-state index contributed by atoms with van der Waals surface area (Å²) in [7, 11) is 0. The lowest BCUT2D eigenvalue weighted by molar-refractivity contribution is 0.208. The molecule has 2 aromatic carbocycles. The highest BCUT2D eigenvalue weighted by Gasteiger charge is 2.23. The fourth-order valence-corrected chi connectivity index (χ4v) is 3.89. The summed E-state index contributed by atoms with van der Waals surface area (Å²) in [4.78, 5) is 17.2. The molecule has 1 saturated heterocycles. The van der Waals surface area contributed by atoms with Crippen LogP contribution >= 0.6 is 0 Å². The van der Waals surface area contributed by atoms with Crippen LogP contribution in [-0.4, -0.2) is 56.9 Å². The van der Waals surface area contributed by atoms with Gasteiger partial charge in [0.15, 0.2) is 11.5 Å². The fourth-order valence-electron chi connectivity index (χ4n) is 3.89. The average molecular weight is 442 g/mol. The number of ether oxygens (including phenoxy) is 3. The van der Waals surface area contributed by atoms with Crippen LogP contribution in [0.1, 0.15) is 31.9 Å². The minimum Gasteiger partial charge on any atom is -0.490 e. The van der Waals surface area contributed by atoms with Gasteiger partial charge >= 0.3 is 6.03 Å². The Morgan fingerprint density at radius 1 is 0.906 bits per heavy atom. The molecule has 0 atom stereocenters. The zero-order valence-electron chi connectivity index (χ0n) is 19.9.